The number of hydrogen-bond donors (Lipinski definition) is 1. The largest absolute Gasteiger partial charge is 0.405 e. The van der Waals surface area contributed by atoms with Crippen LogP contribution in [0.3, 0.4) is 0 Å². The molecule has 5 nitrogen and oxygen atoms in total. The maximum Gasteiger partial charge on any atom is 0.405 e. The van der Waals surface area contributed by atoms with Crippen molar-refractivity contribution in [2.75, 3.05) is 24.5 Å². The number of nitrogens with zero attached hydrogens (tertiary/aromatic N) is 3. The van der Waals surface area contributed by atoms with E-state index in [-0.39, 0.29) is 0 Å². The zero-order valence-electron chi connectivity index (χ0n) is 12.6. The van der Waals surface area contributed by atoms with Crippen LogP contribution in [0.25, 0.3) is 0 Å². The standard InChI is InChI=1S/C14H19F3N4O/c1-9-6-12(20-10(2)19-9)21-5-3-4-11(7-21)13(22)18-8-14(15,16)17/h6,11H,3-5,7-8H2,1-2H3,(H,18,22). The average Bonchev–Trinajstić information content (AvgIpc) is 2.43. The lowest BCUT2D eigenvalue weighted by atomic mass is 9.97. The molecule has 22 heavy (non-hydrogen) atoms. The van der Waals surface area contributed by atoms with E-state index in [1.54, 1.807) is 6.92 Å². The van der Waals surface area contributed by atoms with Gasteiger partial charge in [0.1, 0.15) is 18.2 Å². The molecule has 1 amide bonds. The number of carbonyl (C=O) groups excluding carboxylic acids is 1. The van der Waals surface area contributed by atoms with Gasteiger partial charge in [0.25, 0.3) is 0 Å². The fraction of sp³-hybridized carbons (Fsp3) is 0.643. The number of anilines is 1. The minimum absolute atomic E-state index is 0.375. The molecule has 1 atom stereocenters. The maximum absolute atomic E-state index is 12.2. The first kappa shape index (κ1) is 16.5. The van der Waals surface area contributed by atoms with Gasteiger partial charge in [0.2, 0.25) is 5.91 Å². The molecule has 1 aliphatic rings. The molecule has 0 aliphatic carbocycles. The van der Waals surface area contributed by atoms with Gasteiger partial charge in [-0.05, 0) is 26.7 Å². The molecule has 1 saturated heterocycles. The monoisotopic (exact) mass is 316 g/mol. The third-order valence-electron chi connectivity index (χ3n) is 3.53. The first-order valence-electron chi connectivity index (χ1n) is 7.16. The van der Waals surface area contributed by atoms with Crippen molar-refractivity contribution in [3.05, 3.63) is 17.6 Å². The molecule has 8 heteroatoms. The summed E-state index contributed by atoms with van der Waals surface area (Å²) in [6.07, 6.45) is -3.06. The van der Waals surface area contributed by atoms with Crippen LogP contribution in [-0.2, 0) is 4.79 Å². The van der Waals surface area contributed by atoms with Crippen molar-refractivity contribution in [3.8, 4) is 0 Å². The van der Waals surface area contributed by atoms with Crippen LogP contribution in [0.15, 0.2) is 6.07 Å². The summed E-state index contributed by atoms with van der Waals surface area (Å²) in [4.78, 5) is 22.4. The summed E-state index contributed by atoms with van der Waals surface area (Å²) in [5.74, 6) is 0.355. The van der Waals surface area contributed by atoms with Crippen LogP contribution in [0.2, 0.25) is 0 Å². The second-order valence-electron chi connectivity index (χ2n) is 5.53. The molecule has 0 bridgehead atoms. The van der Waals surface area contributed by atoms with Crippen molar-refractivity contribution < 1.29 is 18.0 Å². The third kappa shape index (κ3) is 4.57. The molecular formula is C14H19F3N4O. The van der Waals surface area contributed by atoms with E-state index in [1.807, 2.05) is 23.2 Å². The molecule has 1 aliphatic heterocycles. The molecule has 0 spiro atoms. The van der Waals surface area contributed by atoms with E-state index in [4.69, 9.17) is 0 Å². The number of halogens is 3. The molecule has 2 rings (SSSR count). The Morgan fingerprint density at radius 1 is 1.41 bits per heavy atom. The van der Waals surface area contributed by atoms with E-state index < -0.39 is 24.5 Å². The van der Waals surface area contributed by atoms with Gasteiger partial charge < -0.3 is 10.2 Å². The number of hydrogen-bond acceptors (Lipinski definition) is 4. The summed E-state index contributed by atoms with van der Waals surface area (Å²) in [5, 5.41) is 1.96. The molecule has 0 aromatic carbocycles. The normalized spacial score (nSPS) is 19.1. The van der Waals surface area contributed by atoms with E-state index >= 15 is 0 Å². The first-order chi connectivity index (χ1) is 10.2. The van der Waals surface area contributed by atoms with Gasteiger partial charge in [0.05, 0.1) is 5.92 Å². The lowest BCUT2D eigenvalue weighted by Gasteiger charge is -2.33. The molecule has 1 aromatic rings. The van der Waals surface area contributed by atoms with E-state index in [1.165, 1.54) is 0 Å². The van der Waals surface area contributed by atoms with Crippen molar-refractivity contribution in [2.45, 2.75) is 32.9 Å². The van der Waals surface area contributed by atoms with Crippen LogP contribution in [0.1, 0.15) is 24.4 Å². The number of nitrogens with one attached hydrogen (secondary N) is 1. The molecular weight excluding hydrogens is 297 g/mol. The Hall–Kier alpha value is -1.86. The molecule has 1 fully saturated rings. The van der Waals surface area contributed by atoms with E-state index in [2.05, 4.69) is 9.97 Å². The van der Waals surface area contributed by atoms with Crippen molar-refractivity contribution in [1.29, 1.82) is 0 Å². The lowest BCUT2D eigenvalue weighted by molar-refractivity contribution is -0.140. The van der Waals surface area contributed by atoms with Crippen LogP contribution in [0.4, 0.5) is 19.0 Å². The number of aryl methyl sites for hydroxylation is 2. The number of alkyl halides is 3. The summed E-state index contributed by atoms with van der Waals surface area (Å²) < 4.78 is 36.5. The Morgan fingerprint density at radius 3 is 2.77 bits per heavy atom. The molecule has 0 radical (unpaired) electrons. The number of amides is 1. The van der Waals surface area contributed by atoms with Crippen LogP contribution < -0.4 is 10.2 Å². The highest BCUT2D eigenvalue weighted by Gasteiger charge is 2.31. The van der Waals surface area contributed by atoms with E-state index in [0.29, 0.717) is 18.8 Å². The summed E-state index contributed by atoms with van der Waals surface area (Å²) >= 11 is 0. The van der Waals surface area contributed by atoms with E-state index in [0.717, 1.165) is 24.5 Å². The highest BCUT2D eigenvalue weighted by atomic mass is 19.4. The maximum atomic E-state index is 12.2. The van der Waals surface area contributed by atoms with Gasteiger partial charge >= 0.3 is 6.18 Å². The number of rotatable bonds is 3. The lowest BCUT2D eigenvalue weighted by Crippen LogP contribution is -2.45. The van der Waals surface area contributed by atoms with Crippen molar-refractivity contribution >= 4 is 11.7 Å². The second-order valence-corrected chi connectivity index (χ2v) is 5.53. The summed E-state index contributed by atoms with van der Waals surface area (Å²) in [6.45, 7) is 3.47. The quantitative estimate of drug-likeness (QED) is 0.926. The fourth-order valence-electron chi connectivity index (χ4n) is 2.59. The molecule has 1 unspecified atom stereocenters. The summed E-state index contributed by atoms with van der Waals surface area (Å²) in [7, 11) is 0. The van der Waals surface area contributed by atoms with Gasteiger partial charge in [0, 0.05) is 24.8 Å². The highest BCUT2D eigenvalue weighted by molar-refractivity contribution is 5.79. The van der Waals surface area contributed by atoms with Crippen molar-refractivity contribution in [3.63, 3.8) is 0 Å². The predicted octanol–water partition coefficient (Wildman–Crippen LogP) is 1.99. The Morgan fingerprint density at radius 2 is 2.14 bits per heavy atom. The average molecular weight is 316 g/mol. The van der Waals surface area contributed by atoms with E-state index in [9.17, 15) is 18.0 Å². The van der Waals surface area contributed by atoms with Gasteiger partial charge in [-0.2, -0.15) is 13.2 Å². The number of aromatic nitrogens is 2. The van der Waals surface area contributed by atoms with Gasteiger partial charge in [-0.15, -0.1) is 0 Å². The number of carbonyl (C=O) groups is 1. The molecule has 1 aromatic heterocycles. The van der Waals surface area contributed by atoms with Crippen LogP contribution in [0, 0.1) is 19.8 Å². The smallest absolute Gasteiger partial charge is 0.356 e. The SMILES string of the molecule is Cc1cc(N2CCCC(C(=O)NCC(F)(F)F)C2)nc(C)n1. The van der Waals surface area contributed by atoms with Crippen molar-refractivity contribution in [1.82, 2.24) is 15.3 Å². The Labute approximate surface area is 126 Å². The van der Waals surface area contributed by atoms with Gasteiger partial charge in [-0.3, -0.25) is 4.79 Å². The summed E-state index contributed by atoms with van der Waals surface area (Å²) in [5.41, 5.74) is 0.825. The van der Waals surface area contributed by atoms with Crippen LogP contribution in [-0.4, -0.2) is 41.7 Å². The predicted molar refractivity (Wildman–Crippen MR) is 75.5 cm³/mol. The van der Waals surface area contributed by atoms with Gasteiger partial charge in [-0.1, -0.05) is 0 Å². The first-order valence-corrected chi connectivity index (χ1v) is 7.16. The topological polar surface area (TPSA) is 58.1 Å². The van der Waals surface area contributed by atoms with Crippen molar-refractivity contribution in [2.24, 2.45) is 5.92 Å². The third-order valence-corrected chi connectivity index (χ3v) is 3.53. The second kappa shape index (κ2) is 6.50. The van der Waals surface area contributed by atoms with Crippen LogP contribution >= 0.6 is 0 Å². The molecule has 122 valence electrons. The summed E-state index contributed by atoms with van der Waals surface area (Å²) in [6, 6.07) is 1.82. The van der Waals surface area contributed by atoms with Gasteiger partial charge in [0.15, 0.2) is 0 Å². The van der Waals surface area contributed by atoms with Crippen LogP contribution in [0.5, 0.6) is 0 Å². The number of piperidine rings is 1. The van der Waals surface area contributed by atoms with Gasteiger partial charge in [-0.25, -0.2) is 9.97 Å². The Bertz CT molecular complexity index is 527. The highest BCUT2D eigenvalue weighted by Crippen LogP contribution is 2.23. The Balaban J connectivity index is 2.00. The molecule has 1 N–H and O–H groups in total. The fourth-order valence-corrected chi connectivity index (χ4v) is 2.59. The molecule has 0 saturated carbocycles. The zero-order chi connectivity index (χ0) is 16.3. The minimum atomic E-state index is -4.38. The zero-order valence-corrected chi connectivity index (χ0v) is 12.6. The minimum Gasteiger partial charge on any atom is -0.356 e. The molecule has 2 heterocycles. The Kier molecular flexibility index (Phi) is 4.87.